The zero-order valence-electron chi connectivity index (χ0n) is 10.5. The largest absolute Gasteiger partial charge is 0.486 e. The average molecular weight is 300 g/mol. The second kappa shape index (κ2) is 4.50. The molecule has 0 amide bonds. The molecule has 0 radical (unpaired) electrons. The topological polar surface area (TPSA) is 44.5 Å². The molecular formula is C13H18BrNO2. The van der Waals surface area contributed by atoms with Crippen LogP contribution in [-0.2, 0) is 12.0 Å². The quantitative estimate of drug-likeness (QED) is 0.913. The Hall–Kier alpha value is -0.740. The van der Waals surface area contributed by atoms with Gasteiger partial charge in [0.05, 0.1) is 0 Å². The molecule has 0 bridgehead atoms. The number of nitrogens with two attached hydrogens (primary N) is 1. The van der Waals surface area contributed by atoms with Crippen molar-refractivity contribution in [2.24, 2.45) is 5.73 Å². The van der Waals surface area contributed by atoms with E-state index in [0.29, 0.717) is 13.2 Å². The minimum absolute atomic E-state index is 0.403. The van der Waals surface area contributed by atoms with Gasteiger partial charge in [0.15, 0.2) is 11.5 Å². The predicted molar refractivity (Wildman–Crippen MR) is 71.7 cm³/mol. The average Bonchev–Trinajstić information content (AvgIpc) is 2.25. The summed E-state index contributed by atoms with van der Waals surface area (Å²) in [7, 11) is 0. The molecule has 0 fully saturated rings. The van der Waals surface area contributed by atoms with Crippen LogP contribution in [0, 0.1) is 0 Å². The number of hydrogen-bond donors (Lipinski definition) is 1. The molecule has 0 atom stereocenters. The summed E-state index contributed by atoms with van der Waals surface area (Å²) in [5.74, 6) is 1.67. The van der Waals surface area contributed by atoms with E-state index in [9.17, 15) is 0 Å². The van der Waals surface area contributed by atoms with E-state index in [0.717, 1.165) is 33.5 Å². The summed E-state index contributed by atoms with van der Waals surface area (Å²) in [5.41, 5.74) is 8.08. The molecule has 1 aliphatic rings. The molecule has 0 aliphatic carbocycles. The van der Waals surface area contributed by atoms with Gasteiger partial charge in [-0.2, -0.15) is 0 Å². The van der Waals surface area contributed by atoms with Crippen molar-refractivity contribution in [3.05, 3.63) is 21.7 Å². The Labute approximate surface area is 110 Å². The van der Waals surface area contributed by atoms with Crippen LogP contribution in [0.4, 0.5) is 0 Å². The summed E-state index contributed by atoms with van der Waals surface area (Å²) >= 11 is 3.59. The van der Waals surface area contributed by atoms with E-state index in [2.05, 4.69) is 22.9 Å². The van der Waals surface area contributed by atoms with Crippen LogP contribution < -0.4 is 15.2 Å². The summed E-state index contributed by atoms with van der Waals surface area (Å²) in [6.45, 7) is 7.32. The highest BCUT2D eigenvalue weighted by molar-refractivity contribution is 9.10. The zero-order valence-corrected chi connectivity index (χ0v) is 12.1. The van der Waals surface area contributed by atoms with E-state index >= 15 is 0 Å². The fraction of sp³-hybridized carbons (Fsp3) is 0.538. The molecule has 1 aromatic rings. The Morgan fingerprint density at radius 1 is 1.35 bits per heavy atom. The van der Waals surface area contributed by atoms with Gasteiger partial charge in [0.2, 0.25) is 0 Å². The maximum Gasteiger partial charge on any atom is 0.164 e. The van der Waals surface area contributed by atoms with E-state index in [-0.39, 0.29) is 0 Å². The molecule has 0 saturated carbocycles. The summed E-state index contributed by atoms with van der Waals surface area (Å²) in [6.07, 6.45) is 0.876. The van der Waals surface area contributed by atoms with Crippen LogP contribution in [0.25, 0.3) is 0 Å². The van der Waals surface area contributed by atoms with Gasteiger partial charge in [-0.1, -0.05) is 22.9 Å². The maximum atomic E-state index is 6.24. The highest BCUT2D eigenvalue weighted by Crippen LogP contribution is 2.43. The Balaban J connectivity index is 2.67. The third-order valence-corrected chi connectivity index (χ3v) is 3.51. The number of rotatable bonds is 2. The van der Waals surface area contributed by atoms with Crippen LogP contribution >= 0.6 is 15.9 Å². The van der Waals surface area contributed by atoms with Crippen molar-refractivity contribution in [2.75, 3.05) is 13.2 Å². The smallest absolute Gasteiger partial charge is 0.164 e. The molecule has 17 heavy (non-hydrogen) atoms. The van der Waals surface area contributed by atoms with E-state index in [1.54, 1.807) is 0 Å². The van der Waals surface area contributed by atoms with Crippen LogP contribution in [0.1, 0.15) is 31.9 Å². The van der Waals surface area contributed by atoms with Gasteiger partial charge in [-0.15, -0.1) is 0 Å². The lowest BCUT2D eigenvalue weighted by molar-refractivity contribution is 0.169. The first kappa shape index (κ1) is 12.7. The number of hydrogen-bond acceptors (Lipinski definition) is 3. The maximum absolute atomic E-state index is 6.24. The minimum atomic E-state index is -0.403. The first-order chi connectivity index (χ1) is 7.95. The van der Waals surface area contributed by atoms with Crippen LogP contribution in [0.3, 0.4) is 0 Å². The summed E-state index contributed by atoms with van der Waals surface area (Å²) in [5, 5.41) is 0. The fourth-order valence-corrected chi connectivity index (χ4v) is 3.21. The first-order valence-electron chi connectivity index (χ1n) is 5.85. The summed E-state index contributed by atoms with van der Waals surface area (Å²) < 4.78 is 12.3. The van der Waals surface area contributed by atoms with E-state index in [1.165, 1.54) is 0 Å². The Morgan fingerprint density at radius 3 is 2.59 bits per heavy atom. The number of fused-ring (bicyclic) bond motifs is 1. The lowest BCUT2D eigenvalue weighted by Crippen LogP contribution is -2.31. The van der Waals surface area contributed by atoms with Gasteiger partial charge in [-0.3, -0.25) is 0 Å². The molecule has 4 heteroatoms. The van der Waals surface area contributed by atoms with Crippen molar-refractivity contribution in [3.63, 3.8) is 0 Å². The molecule has 0 unspecified atom stereocenters. The zero-order chi connectivity index (χ0) is 12.6. The number of halogens is 1. The molecule has 2 rings (SSSR count). The molecule has 0 aromatic heterocycles. The van der Waals surface area contributed by atoms with Crippen LogP contribution in [0.2, 0.25) is 0 Å². The molecule has 1 aromatic carbocycles. The Bertz CT molecular complexity index is 438. The molecule has 1 heterocycles. The van der Waals surface area contributed by atoms with E-state index < -0.39 is 5.54 Å². The second-order valence-electron chi connectivity index (χ2n) is 4.81. The second-order valence-corrected chi connectivity index (χ2v) is 5.67. The van der Waals surface area contributed by atoms with Crippen molar-refractivity contribution in [2.45, 2.75) is 32.7 Å². The van der Waals surface area contributed by atoms with E-state index in [1.807, 2.05) is 19.9 Å². The highest BCUT2D eigenvalue weighted by atomic mass is 79.9. The number of ether oxygens (including phenoxy) is 2. The minimum Gasteiger partial charge on any atom is -0.486 e. The van der Waals surface area contributed by atoms with E-state index in [4.69, 9.17) is 15.2 Å². The van der Waals surface area contributed by atoms with Crippen LogP contribution in [0.5, 0.6) is 11.5 Å². The van der Waals surface area contributed by atoms with Gasteiger partial charge >= 0.3 is 0 Å². The third kappa shape index (κ3) is 2.29. The molecule has 94 valence electrons. The van der Waals surface area contributed by atoms with Crippen molar-refractivity contribution in [3.8, 4) is 11.5 Å². The van der Waals surface area contributed by atoms with Crippen LogP contribution in [0.15, 0.2) is 10.5 Å². The third-order valence-electron chi connectivity index (χ3n) is 2.88. The SMILES string of the molecule is CCc1c2c(cc(Br)c1C(C)(C)N)OCCO2. The first-order valence-corrected chi connectivity index (χ1v) is 6.64. The van der Waals surface area contributed by atoms with Crippen molar-refractivity contribution < 1.29 is 9.47 Å². The van der Waals surface area contributed by atoms with Gasteiger partial charge in [0.1, 0.15) is 13.2 Å². The molecular weight excluding hydrogens is 282 g/mol. The predicted octanol–water partition coefficient (Wildman–Crippen LogP) is 2.98. The Kier molecular flexibility index (Phi) is 3.36. The normalized spacial score (nSPS) is 14.9. The summed E-state index contributed by atoms with van der Waals surface area (Å²) in [4.78, 5) is 0. The Morgan fingerprint density at radius 2 is 2.00 bits per heavy atom. The molecule has 0 spiro atoms. The van der Waals surface area contributed by atoms with Gasteiger partial charge in [-0.25, -0.2) is 0 Å². The monoisotopic (exact) mass is 299 g/mol. The molecule has 3 nitrogen and oxygen atoms in total. The van der Waals surface area contributed by atoms with Crippen molar-refractivity contribution in [1.29, 1.82) is 0 Å². The summed E-state index contributed by atoms with van der Waals surface area (Å²) in [6, 6.07) is 1.96. The standard InChI is InChI=1S/C13H18BrNO2/c1-4-8-11(13(2,3)15)9(14)7-10-12(8)17-6-5-16-10/h7H,4-6,15H2,1-3H3. The van der Waals surface area contributed by atoms with Gasteiger partial charge in [0, 0.05) is 15.6 Å². The molecule has 1 aliphatic heterocycles. The highest BCUT2D eigenvalue weighted by Gasteiger charge is 2.27. The van der Waals surface area contributed by atoms with Crippen LogP contribution in [-0.4, -0.2) is 13.2 Å². The van der Waals surface area contributed by atoms with Gasteiger partial charge in [0.25, 0.3) is 0 Å². The molecule has 0 saturated heterocycles. The van der Waals surface area contributed by atoms with Crippen molar-refractivity contribution in [1.82, 2.24) is 0 Å². The van der Waals surface area contributed by atoms with Crippen molar-refractivity contribution >= 4 is 15.9 Å². The van der Waals surface area contributed by atoms with Gasteiger partial charge in [-0.05, 0) is 31.9 Å². The lowest BCUT2D eigenvalue weighted by atomic mass is 9.89. The lowest BCUT2D eigenvalue weighted by Gasteiger charge is -2.29. The molecule has 2 N–H and O–H groups in total. The van der Waals surface area contributed by atoms with Gasteiger partial charge < -0.3 is 15.2 Å². The fourth-order valence-electron chi connectivity index (χ4n) is 2.25. The number of benzene rings is 1.